The molecule has 0 saturated heterocycles. The molecule has 5 rings (SSSR count). The number of aromatic nitrogens is 2. The van der Waals surface area contributed by atoms with Gasteiger partial charge >= 0.3 is 0 Å². The van der Waals surface area contributed by atoms with Crippen molar-refractivity contribution in [3.8, 4) is 5.75 Å². The number of fused-ring (bicyclic) bond motifs is 1. The standard InChI is InChI=1S/C27H24N2O/c1-5-13-22(14-6-1)27(23-15-7-2-8-16-23,24-17-9-3-10-18-24)29-25-19-11-4-12-20-30-26(25)21-28-29/h1-10,12-18,21H,11,19-20H2/b12-4-. The maximum absolute atomic E-state index is 6.04. The predicted octanol–water partition coefficient (Wildman–Crippen LogP) is 5.60. The van der Waals surface area contributed by atoms with Gasteiger partial charge in [-0.2, -0.15) is 5.10 Å². The van der Waals surface area contributed by atoms with Crippen LogP contribution in [0.15, 0.2) is 109 Å². The Labute approximate surface area is 177 Å². The van der Waals surface area contributed by atoms with Gasteiger partial charge < -0.3 is 4.74 Å². The molecular formula is C27H24N2O. The van der Waals surface area contributed by atoms with Crippen LogP contribution in [0.4, 0.5) is 0 Å². The third-order valence-corrected chi connectivity index (χ3v) is 5.77. The Hall–Kier alpha value is -3.59. The molecular weight excluding hydrogens is 368 g/mol. The minimum Gasteiger partial charge on any atom is -0.486 e. The number of ether oxygens (including phenoxy) is 1. The van der Waals surface area contributed by atoms with Crippen molar-refractivity contribution >= 4 is 0 Å². The first-order valence-corrected chi connectivity index (χ1v) is 10.4. The summed E-state index contributed by atoms with van der Waals surface area (Å²) < 4.78 is 8.22. The van der Waals surface area contributed by atoms with Crippen molar-refractivity contribution < 1.29 is 4.74 Å². The van der Waals surface area contributed by atoms with Crippen molar-refractivity contribution in [3.05, 3.63) is 132 Å². The van der Waals surface area contributed by atoms with E-state index in [1.165, 1.54) is 16.7 Å². The molecule has 0 amide bonds. The molecule has 0 atom stereocenters. The zero-order chi connectivity index (χ0) is 20.2. The van der Waals surface area contributed by atoms with Crippen molar-refractivity contribution in [1.82, 2.24) is 9.78 Å². The minimum atomic E-state index is -0.594. The fourth-order valence-corrected chi connectivity index (χ4v) is 4.45. The molecule has 3 aromatic carbocycles. The van der Waals surface area contributed by atoms with Gasteiger partial charge in [0.05, 0.1) is 11.9 Å². The van der Waals surface area contributed by atoms with E-state index in [0.29, 0.717) is 6.61 Å². The summed E-state index contributed by atoms with van der Waals surface area (Å²) in [7, 11) is 0. The Balaban J connectivity index is 1.87. The van der Waals surface area contributed by atoms with Crippen LogP contribution in [0.3, 0.4) is 0 Å². The average molecular weight is 393 g/mol. The van der Waals surface area contributed by atoms with Crippen LogP contribution in [0.25, 0.3) is 0 Å². The number of hydrogen-bond donors (Lipinski definition) is 0. The van der Waals surface area contributed by atoms with E-state index in [1.807, 2.05) is 6.20 Å². The van der Waals surface area contributed by atoms with E-state index in [2.05, 4.69) is 108 Å². The molecule has 3 heteroatoms. The molecule has 1 aromatic heterocycles. The lowest BCUT2D eigenvalue weighted by Crippen LogP contribution is -2.39. The molecule has 0 bridgehead atoms. The van der Waals surface area contributed by atoms with Gasteiger partial charge in [0.15, 0.2) is 5.75 Å². The zero-order valence-corrected chi connectivity index (χ0v) is 16.8. The molecule has 0 aliphatic carbocycles. The quantitative estimate of drug-likeness (QED) is 0.334. The lowest BCUT2D eigenvalue weighted by Gasteiger charge is -2.37. The van der Waals surface area contributed by atoms with Crippen molar-refractivity contribution in [1.29, 1.82) is 0 Å². The van der Waals surface area contributed by atoms with Crippen LogP contribution < -0.4 is 4.74 Å². The second kappa shape index (κ2) is 8.03. The fourth-order valence-electron chi connectivity index (χ4n) is 4.45. The Morgan fingerprint density at radius 2 is 1.23 bits per heavy atom. The molecule has 0 fully saturated rings. The summed E-state index contributed by atoms with van der Waals surface area (Å²) in [6, 6.07) is 31.9. The predicted molar refractivity (Wildman–Crippen MR) is 120 cm³/mol. The Morgan fingerprint density at radius 3 is 1.77 bits per heavy atom. The lowest BCUT2D eigenvalue weighted by molar-refractivity contribution is 0.350. The highest BCUT2D eigenvalue weighted by Crippen LogP contribution is 2.42. The highest BCUT2D eigenvalue weighted by atomic mass is 16.5. The summed E-state index contributed by atoms with van der Waals surface area (Å²) in [5, 5.41) is 4.95. The maximum Gasteiger partial charge on any atom is 0.160 e. The molecule has 148 valence electrons. The number of hydrogen-bond acceptors (Lipinski definition) is 2. The van der Waals surface area contributed by atoms with Crippen molar-refractivity contribution in [2.45, 2.75) is 18.4 Å². The van der Waals surface area contributed by atoms with Gasteiger partial charge in [-0.1, -0.05) is 103 Å². The largest absolute Gasteiger partial charge is 0.486 e. The maximum atomic E-state index is 6.04. The van der Waals surface area contributed by atoms with E-state index in [9.17, 15) is 0 Å². The molecule has 3 nitrogen and oxygen atoms in total. The van der Waals surface area contributed by atoms with Gasteiger partial charge in [-0.3, -0.25) is 0 Å². The molecule has 1 aliphatic heterocycles. The highest BCUT2D eigenvalue weighted by molar-refractivity contribution is 5.51. The van der Waals surface area contributed by atoms with E-state index in [4.69, 9.17) is 9.84 Å². The van der Waals surface area contributed by atoms with E-state index in [0.717, 1.165) is 24.3 Å². The van der Waals surface area contributed by atoms with Crippen LogP contribution in [0, 0.1) is 0 Å². The summed E-state index contributed by atoms with van der Waals surface area (Å²) in [5.41, 5.74) is 4.04. The average Bonchev–Trinajstić information content (AvgIpc) is 3.18. The van der Waals surface area contributed by atoms with Crippen LogP contribution in [-0.2, 0) is 12.0 Å². The van der Waals surface area contributed by atoms with Gasteiger partial charge in [0.25, 0.3) is 0 Å². The Morgan fingerprint density at radius 1 is 0.700 bits per heavy atom. The molecule has 0 radical (unpaired) electrons. The summed E-state index contributed by atoms with van der Waals surface area (Å²) in [5.74, 6) is 0.867. The van der Waals surface area contributed by atoms with Crippen LogP contribution in [0.5, 0.6) is 5.75 Å². The first-order chi connectivity index (χ1) is 14.9. The van der Waals surface area contributed by atoms with Gasteiger partial charge in [0, 0.05) is 0 Å². The summed E-state index contributed by atoms with van der Waals surface area (Å²) in [6.07, 6.45) is 7.99. The van der Waals surface area contributed by atoms with E-state index < -0.39 is 5.54 Å². The Kier molecular flexibility index (Phi) is 4.94. The van der Waals surface area contributed by atoms with Gasteiger partial charge in [0.2, 0.25) is 0 Å². The van der Waals surface area contributed by atoms with Gasteiger partial charge in [0.1, 0.15) is 12.1 Å². The number of benzene rings is 3. The molecule has 2 heterocycles. The van der Waals surface area contributed by atoms with Gasteiger partial charge in [-0.15, -0.1) is 0 Å². The molecule has 0 spiro atoms. The first kappa shape index (κ1) is 18.4. The Bertz CT molecular complexity index is 1030. The van der Waals surface area contributed by atoms with Crippen molar-refractivity contribution in [2.75, 3.05) is 6.61 Å². The molecule has 4 aromatic rings. The normalized spacial score (nSPS) is 14.8. The minimum absolute atomic E-state index is 0.577. The van der Waals surface area contributed by atoms with E-state index in [1.54, 1.807) is 0 Å². The third-order valence-electron chi connectivity index (χ3n) is 5.77. The number of allylic oxidation sites excluding steroid dienone is 1. The summed E-state index contributed by atoms with van der Waals surface area (Å²) >= 11 is 0. The highest BCUT2D eigenvalue weighted by Gasteiger charge is 2.41. The third kappa shape index (κ3) is 3.03. The van der Waals surface area contributed by atoms with E-state index in [-0.39, 0.29) is 0 Å². The van der Waals surface area contributed by atoms with E-state index >= 15 is 0 Å². The van der Waals surface area contributed by atoms with Crippen LogP contribution in [0.1, 0.15) is 28.8 Å². The summed E-state index contributed by atoms with van der Waals surface area (Å²) in [4.78, 5) is 0. The van der Waals surface area contributed by atoms with Crippen LogP contribution in [-0.4, -0.2) is 16.4 Å². The van der Waals surface area contributed by atoms with Gasteiger partial charge in [-0.05, 0) is 29.5 Å². The summed E-state index contributed by atoms with van der Waals surface area (Å²) in [6.45, 7) is 0.577. The van der Waals surface area contributed by atoms with Gasteiger partial charge in [-0.25, -0.2) is 4.68 Å². The molecule has 0 saturated carbocycles. The fraction of sp³-hybridized carbons (Fsp3) is 0.148. The second-order valence-corrected chi connectivity index (χ2v) is 7.50. The van der Waals surface area contributed by atoms with Crippen molar-refractivity contribution in [2.24, 2.45) is 0 Å². The lowest BCUT2D eigenvalue weighted by atomic mass is 9.77. The molecule has 1 aliphatic rings. The number of nitrogens with zero attached hydrogens (tertiary/aromatic N) is 2. The van der Waals surface area contributed by atoms with Crippen molar-refractivity contribution in [3.63, 3.8) is 0 Å². The second-order valence-electron chi connectivity index (χ2n) is 7.50. The monoisotopic (exact) mass is 392 g/mol. The first-order valence-electron chi connectivity index (χ1n) is 10.4. The SMILES string of the molecule is C1=C\COc2cnn(C(c3ccccc3)(c3ccccc3)c3ccccc3)c2CC/1. The van der Waals surface area contributed by atoms with Crippen LogP contribution >= 0.6 is 0 Å². The van der Waals surface area contributed by atoms with Crippen LogP contribution in [0.2, 0.25) is 0 Å². The molecule has 0 N–H and O–H groups in total. The zero-order valence-electron chi connectivity index (χ0n) is 16.8. The topological polar surface area (TPSA) is 27.1 Å². The molecule has 0 unspecified atom stereocenters. The molecule has 30 heavy (non-hydrogen) atoms. The smallest absolute Gasteiger partial charge is 0.160 e. The number of rotatable bonds is 4.